The maximum Gasteiger partial charge on any atom is 0.330 e. The van der Waals surface area contributed by atoms with Gasteiger partial charge < -0.3 is 10.8 Å². The minimum Gasteiger partial charge on any atom is -0.480 e. The van der Waals surface area contributed by atoms with Crippen LogP contribution in [-0.2, 0) is 10.3 Å². The number of hydrogen-bond acceptors (Lipinski definition) is 4. The summed E-state index contributed by atoms with van der Waals surface area (Å²) in [5.74, 6) is -1.51. The van der Waals surface area contributed by atoms with Crippen LogP contribution in [0.5, 0.6) is 0 Å². The van der Waals surface area contributed by atoms with Crippen LogP contribution in [0.25, 0.3) is 0 Å². The van der Waals surface area contributed by atoms with Crippen LogP contribution in [0.15, 0.2) is 48.8 Å². The highest BCUT2D eigenvalue weighted by Gasteiger charge is 2.46. The Morgan fingerprint density at radius 3 is 2.41 bits per heavy atom. The van der Waals surface area contributed by atoms with Gasteiger partial charge in [-0.1, -0.05) is 31.9 Å². The average Bonchev–Trinajstić information content (AvgIpc) is 2.56. The van der Waals surface area contributed by atoms with E-state index in [1.807, 2.05) is 12.1 Å². The summed E-state index contributed by atoms with van der Waals surface area (Å²) in [5.41, 5.74) is 5.83. The molecule has 0 saturated carbocycles. The van der Waals surface area contributed by atoms with Gasteiger partial charge in [0, 0.05) is 24.0 Å². The summed E-state index contributed by atoms with van der Waals surface area (Å²) in [5, 5.41) is 9.82. The van der Waals surface area contributed by atoms with Gasteiger partial charge in [-0.05, 0) is 30.7 Å². The zero-order chi connectivity index (χ0) is 16.0. The van der Waals surface area contributed by atoms with Crippen molar-refractivity contribution in [2.45, 2.75) is 37.6 Å². The third-order valence-electron chi connectivity index (χ3n) is 3.88. The molecule has 3 N–H and O–H groups in total. The largest absolute Gasteiger partial charge is 0.480 e. The molecule has 2 heterocycles. The van der Waals surface area contributed by atoms with Crippen LogP contribution in [0, 0.1) is 0 Å². The van der Waals surface area contributed by atoms with Crippen LogP contribution in [0.1, 0.15) is 43.5 Å². The summed E-state index contributed by atoms with van der Waals surface area (Å²) in [6.07, 6.45) is 5.71. The molecule has 0 bridgehead atoms. The summed E-state index contributed by atoms with van der Waals surface area (Å²) >= 11 is 0. The number of carboxylic acids is 1. The zero-order valence-corrected chi connectivity index (χ0v) is 12.6. The summed E-state index contributed by atoms with van der Waals surface area (Å²) < 4.78 is 0. The Kier molecular flexibility index (Phi) is 5.22. The van der Waals surface area contributed by atoms with E-state index in [1.54, 1.807) is 36.7 Å². The van der Waals surface area contributed by atoms with Gasteiger partial charge in [-0.25, -0.2) is 4.79 Å². The summed E-state index contributed by atoms with van der Waals surface area (Å²) in [6.45, 7) is 2.06. The Hall–Kier alpha value is -2.27. The van der Waals surface area contributed by atoms with Crippen LogP contribution in [0.3, 0.4) is 0 Å². The predicted octanol–water partition coefficient (Wildman–Crippen LogP) is 2.69. The first-order valence-electron chi connectivity index (χ1n) is 7.45. The second-order valence-electron chi connectivity index (χ2n) is 5.34. The Labute approximate surface area is 130 Å². The van der Waals surface area contributed by atoms with Gasteiger partial charge >= 0.3 is 5.97 Å². The van der Waals surface area contributed by atoms with Crippen molar-refractivity contribution in [1.82, 2.24) is 9.97 Å². The number of nitrogens with two attached hydrogens (primary N) is 1. The number of rotatable bonds is 7. The fourth-order valence-corrected chi connectivity index (χ4v) is 2.64. The third kappa shape index (κ3) is 3.14. The molecule has 2 atom stereocenters. The first-order chi connectivity index (χ1) is 10.6. The van der Waals surface area contributed by atoms with Crippen molar-refractivity contribution in [2.24, 2.45) is 5.73 Å². The highest BCUT2D eigenvalue weighted by atomic mass is 16.4. The smallest absolute Gasteiger partial charge is 0.330 e. The van der Waals surface area contributed by atoms with Crippen LogP contribution in [0.4, 0.5) is 0 Å². The van der Waals surface area contributed by atoms with Gasteiger partial charge in [0.05, 0.1) is 5.69 Å². The normalized spacial score (nSPS) is 15.0. The molecule has 0 saturated heterocycles. The van der Waals surface area contributed by atoms with E-state index < -0.39 is 17.4 Å². The first-order valence-corrected chi connectivity index (χ1v) is 7.45. The lowest BCUT2D eigenvalue weighted by atomic mass is 9.76. The van der Waals surface area contributed by atoms with E-state index in [-0.39, 0.29) is 0 Å². The molecule has 0 aromatic carbocycles. The zero-order valence-electron chi connectivity index (χ0n) is 12.6. The van der Waals surface area contributed by atoms with E-state index in [9.17, 15) is 9.90 Å². The SMILES string of the molecule is CCCCC(c1ccccn1)C(N)(C(=O)O)c1ccccn1. The van der Waals surface area contributed by atoms with Crippen molar-refractivity contribution in [3.63, 3.8) is 0 Å². The number of unbranched alkanes of at least 4 members (excludes halogenated alkanes) is 1. The Bertz CT molecular complexity index is 604. The van der Waals surface area contributed by atoms with Crippen LogP contribution >= 0.6 is 0 Å². The molecule has 0 aliphatic carbocycles. The molecular weight excluding hydrogens is 278 g/mol. The molecule has 2 rings (SSSR count). The van der Waals surface area contributed by atoms with Gasteiger partial charge in [-0.3, -0.25) is 9.97 Å². The van der Waals surface area contributed by atoms with Gasteiger partial charge in [0.1, 0.15) is 0 Å². The number of aromatic nitrogens is 2. The molecule has 5 heteroatoms. The number of pyridine rings is 2. The maximum atomic E-state index is 12.0. The average molecular weight is 299 g/mol. The number of carboxylic acid groups (broad SMARTS) is 1. The molecule has 0 aliphatic rings. The minimum atomic E-state index is -1.59. The van der Waals surface area contributed by atoms with Crippen molar-refractivity contribution in [2.75, 3.05) is 0 Å². The second kappa shape index (κ2) is 7.13. The van der Waals surface area contributed by atoms with Gasteiger partial charge in [0.25, 0.3) is 0 Å². The molecule has 5 nitrogen and oxygen atoms in total. The van der Waals surface area contributed by atoms with Gasteiger partial charge in [0.15, 0.2) is 5.54 Å². The molecule has 116 valence electrons. The summed E-state index contributed by atoms with van der Waals surface area (Å²) in [7, 11) is 0. The molecule has 22 heavy (non-hydrogen) atoms. The van der Waals surface area contributed by atoms with E-state index in [2.05, 4.69) is 16.9 Å². The van der Waals surface area contributed by atoms with Crippen LogP contribution in [0.2, 0.25) is 0 Å². The van der Waals surface area contributed by atoms with Gasteiger partial charge in [0.2, 0.25) is 0 Å². The Balaban J connectivity index is 2.52. The van der Waals surface area contributed by atoms with Crippen LogP contribution < -0.4 is 5.73 Å². The highest BCUT2D eigenvalue weighted by Crippen LogP contribution is 2.37. The molecule has 0 amide bonds. The molecule has 0 radical (unpaired) electrons. The lowest BCUT2D eigenvalue weighted by Crippen LogP contribution is -2.50. The van der Waals surface area contributed by atoms with Crippen LogP contribution in [-0.4, -0.2) is 21.0 Å². The number of carbonyl (C=O) groups is 1. The summed E-state index contributed by atoms with van der Waals surface area (Å²) in [6, 6.07) is 10.6. The molecule has 2 aromatic rings. The maximum absolute atomic E-state index is 12.0. The lowest BCUT2D eigenvalue weighted by molar-refractivity contribution is -0.145. The van der Waals surface area contributed by atoms with Crippen molar-refractivity contribution in [3.05, 3.63) is 60.2 Å². The first kappa shape index (κ1) is 16.1. The molecule has 0 spiro atoms. The minimum absolute atomic E-state index is 0.356. The molecule has 0 fully saturated rings. The fraction of sp³-hybridized carbons (Fsp3) is 0.353. The monoisotopic (exact) mass is 299 g/mol. The Morgan fingerprint density at radius 2 is 1.91 bits per heavy atom. The highest BCUT2D eigenvalue weighted by molar-refractivity contribution is 5.81. The van der Waals surface area contributed by atoms with E-state index in [1.165, 1.54) is 0 Å². The molecule has 2 unspecified atom stereocenters. The number of hydrogen-bond donors (Lipinski definition) is 2. The third-order valence-corrected chi connectivity index (χ3v) is 3.88. The van der Waals surface area contributed by atoms with Crippen molar-refractivity contribution in [3.8, 4) is 0 Å². The van der Waals surface area contributed by atoms with Crippen molar-refractivity contribution < 1.29 is 9.90 Å². The van der Waals surface area contributed by atoms with Crippen molar-refractivity contribution >= 4 is 5.97 Å². The topological polar surface area (TPSA) is 89.1 Å². The number of aliphatic carboxylic acids is 1. The van der Waals surface area contributed by atoms with Gasteiger partial charge in [-0.2, -0.15) is 0 Å². The lowest BCUT2D eigenvalue weighted by Gasteiger charge is -2.33. The van der Waals surface area contributed by atoms with Crippen molar-refractivity contribution in [1.29, 1.82) is 0 Å². The Morgan fingerprint density at radius 1 is 1.23 bits per heavy atom. The molecule has 0 aliphatic heterocycles. The van der Waals surface area contributed by atoms with E-state index in [0.29, 0.717) is 17.8 Å². The number of nitrogens with zero attached hydrogens (tertiary/aromatic N) is 2. The predicted molar refractivity (Wildman–Crippen MR) is 84.2 cm³/mol. The summed E-state index contributed by atoms with van der Waals surface area (Å²) in [4.78, 5) is 20.5. The second-order valence-corrected chi connectivity index (χ2v) is 5.34. The van der Waals surface area contributed by atoms with E-state index in [0.717, 1.165) is 12.8 Å². The standard InChI is InChI=1S/C17H21N3O2/c1-2-3-8-13(14-9-4-6-11-19-14)17(18,16(21)22)15-10-5-7-12-20-15/h4-7,9-13H,2-3,8,18H2,1H3,(H,21,22). The quantitative estimate of drug-likeness (QED) is 0.820. The van der Waals surface area contributed by atoms with Gasteiger partial charge in [-0.15, -0.1) is 0 Å². The molecular formula is C17H21N3O2. The van der Waals surface area contributed by atoms with E-state index in [4.69, 9.17) is 5.73 Å². The molecule has 2 aromatic heterocycles. The fourth-order valence-electron chi connectivity index (χ4n) is 2.64. The van der Waals surface area contributed by atoms with E-state index >= 15 is 0 Å².